The summed E-state index contributed by atoms with van der Waals surface area (Å²) in [4.78, 5) is 18.9. The van der Waals surface area contributed by atoms with Gasteiger partial charge in [0.2, 0.25) is 0 Å². The van der Waals surface area contributed by atoms with Gasteiger partial charge in [-0.25, -0.2) is 9.97 Å². The fraction of sp³-hybridized carbons (Fsp3) is 0.500. The van der Waals surface area contributed by atoms with Crippen LogP contribution in [0.3, 0.4) is 0 Å². The lowest BCUT2D eigenvalue weighted by Gasteiger charge is -2.16. The number of thioether (sulfide) groups is 1. The second-order valence-corrected chi connectivity index (χ2v) is 4.29. The lowest BCUT2D eigenvalue weighted by atomic mass is 10.2. The first-order chi connectivity index (χ1) is 8.04. The summed E-state index contributed by atoms with van der Waals surface area (Å²) in [6.45, 7) is 1.73. The molecule has 17 heavy (non-hydrogen) atoms. The summed E-state index contributed by atoms with van der Waals surface area (Å²) in [6, 6.07) is -0.991. The van der Waals surface area contributed by atoms with Gasteiger partial charge in [-0.05, 0) is 13.2 Å². The van der Waals surface area contributed by atoms with Crippen LogP contribution in [0.5, 0.6) is 0 Å². The van der Waals surface area contributed by atoms with Gasteiger partial charge in [0, 0.05) is 24.5 Å². The molecule has 1 heterocycles. The number of aliphatic hydroxyl groups is 1. The van der Waals surface area contributed by atoms with Crippen LogP contribution < -0.4 is 5.32 Å². The Kier molecular flexibility index (Phi) is 5.33. The molecule has 0 aliphatic heterocycles. The average molecular weight is 257 g/mol. The molecule has 0 aromatic carbocycles. The Labute approximate surface area is 103 Å². The Balaban J connectivity index is 2.56. The van der Waals surface area contributed by atoms with Gasteiger partial charge in [-0.15, -0.1) is 0 Å². The number of aliphatic carboxylic acids is 1. The van der Waals surface area contributed by atoms with Crippen molar-refractivity contribution in [3.05, 3.63) is 18.0 Å². The van der Waals surface area contributed by atoms with Crippen molar-refractivity contribution in [2.75, 3.05) is 6.26 Å². The zero-order chi connectivity index (χ0) is 12.8. The van der Waals surface area contributed by atoms with Gasteiger partial charge >= 0.3 is 5.97 Å². The first-order valence-electron chi connectivity index (χ1n) is 5.03. The summed E-state index contributed by atoms with van der Waals surface area (Å²) in [6.07, 6.45) is 4.18. The van der Waals surface area contributed by atoms with Gasteiger partial charge in [-0.1, -0.05) is 11.8 Å². The van der Waals surface area contributed by atoms with E-state index in [0.29, 0.717) is 11.7 Å². The normalized spacial score (nSPS) is 14.3. The average Bonchev–Trinajstić information content (AvgIpc) is 2.29. The van der Waals surface area contributed by atoms with Gasteiger partial charge in [0.05, 0.1) is 6.10 Å². The third kappa shape index (κ3) is 4.29. The molecule has 0 amide bonds. The van der Waals surface area contributed by atoms with Crippen LogP contribution in [0.25, 0.3) is 0 Å². The molecule has 0 spiro atoms. The minimum Gasteiger partial charge on any atom is -0.480 e. The third-order valence-electron chi connectivity index (χ3n) is 2.14. The molecule has 94 valence electrons. The monoisotopic (exact) mass is 257 g/mol. The van der Waals surface area contributed by atoms with E-state index in [9.17, 15) is 9.90 Å². The Morgan fingerprint density at radius 2 is 2.12 bits per heavy atom. The van der Waals surface area contributed by atoms with Crippen LogP contribution in [0.1, 0.15) is 12.5 Å². The van der Waals surface area contributed by atoms with E-state index in [2.05, 4.69) is 15.3 Å². The van der Waals surface area contributed by atoms with E-state index in [4.69, 9.17) is 5.11 Å². The Hall–Kier alpha value is -1.18. The van der Waals surface area contributed by atoms with Crippen LogP contribution in [0.2, 0.25) is 0 Å². The fourth-order valence-corrected chi connectivity index (χ4v) is 1.55. The second kappa shape index (κ2) is 6.53. The highest BCUT2D eigenvalue weighted by molar-refractivity contribution is 7.98. The highest BCUT2D eigenvalue weighted by Gasteiger charge is 2.21. The van der Waals surface area contributed by atoms with Crippen LogP contribution in [-0.2, 0) is 11.3 Å². The van der Waals surface area contributed by atoms with Gasteiger partial charge < -0.3 is 10.2 Å². The first-order valence-corrected chi connectivity index (χ1v) is 6.26. The van der Waals surface area contributed by atoms with Crippen molar-refractivity contribution in [1.29, 1.82) is 0 Å². The van der Waals surface area contributed by atoms with Crippen LogP contribution in [0.4, 0.5) is 0 Å². The molecule has 0 saturated carbocycles. The first kappa shape index (κ1) is 13.9. The van der Waals surface area contributed by atoms with Gasteiger partial charge in [0.25, 0.3) is 0 Å². The SMILES string of the molecule is CSc1ncc(CN[C@@H](C(=O)O)[C@@H](C)O)cn1. The third-order valence-corrected chi connectivity index (χ3v) is 2.71. The molecule has 0 radical (unpaired) electrons. The molecular weight excluding hydrogens is 242 g/mol. The van der Waals surface area contributed by atoms with Crippen LogP contribution in [0, 0.1) is 0 Å². The standard InChI is InChI=1S/C10H15N3O3S/c1-6(14)8(9(15)16)11-3-7-4-12-10(17-2)13-5-7/h4-6,8,11,14H,3H2,1-2H3,(H,15,16)/t6-,8-/m1/s1. The number of carbonyl (C=O) groups is 1. The number of carboxylic acid groups (broad SMARTS) is 1. The molecule has 0 aliphatic rings. The molecule has 0 unspecified atom stereocenters. The molecule has 0 saturated heterocycles. The van der Waals surface area contributed by atoms with Crippen molar-refractivity contribution in [3.63, 3.8) is 0 Å². The zero-order valence-electron chi connectivity index (χ0n) is 9.62. The number of hydrogen-bond donors (Lipinski definition) is 3. The van der Waals surface area contributed by atoms with Crippen LogP contribution in [0.15, 0.2) is 17.6 Å². The van der Waals surface area contributed by atoms with Gasteiger partial charge in [-0.3, -0.25) is 10.1 Å². The topological polar surface area (TPSA) is 95.3 Å². The van der Waals surface area contributed by atoms with E-state index in [1.807, 2.05) is 6.26 Å². The van der Waals surface area contributed by atoms with Gasteiger partial charge in [-0.2, -0.15) is 0 Å². The molecule has 1 aromatic heterocycles. The van der Waals surface area contributed by atoms with Crippen molar-refractivity contribution in [3.8, 4) is 0 Å². The molecule has 3 N–H and O–H groups in total. The maximum Gasteiger partial charge on any atom is 0.323 e. The zero-order valence-corrected chi connectivity index (χ0v) is 10.4. The van der Waals surface area contributed by atoms with E-state index in [1.165, 1.54) is 18.7 Å². The van der Waals surface area contributed by atoms with E-state index < -0.39 is 18.1 Å². The molecular formula is C10H15N3O3S. The molecule has 7 heteroatoms. The van der Waals surface area contributed by atoms with Crippen molar-refractivity contribution < 1.29 is 15.0 Å². The maximum atomic E-state index is 10.8. The van der Waals surface area contributed by atoms with E-state index >= 15 is 0 Å². The molecule has 2 atom stereocenters. The number of nitrogens with one attached hydrogen (secondary N) is 1. The van der Waals surface area contributed by atoms with Crippen LogP contribution >= 0.6 is 11.8 Å². The van der Waals surface area contributed by atoms with Crippen molar-refractivity contribution >= 4 is 17.7 Å². The Morgan fingerprint density at radius 1 is 1.53 bits per heavy atom. The predicted octanol–water partition coefficient (Wildman–Crippen LogP) is 0.122. The second-order valence-electron chi connectivity index (χ2n) is 3.52. The molecule has 0 aliphatic carbocycles. The van der Waals surface area contributed by atoms with E-state index in [0.717, 1.165) is 5.56 Å². The number of aliphatic hydroxyl groups excluding tert-OH is 1. The lowest BCUT2D eigenvalue weighted by Crippen LogP contribution is -2.44. The quantitative estimate of drug-likeness (QED) is 0.492. The predicted molar refractivity (Wildman–Crippen MR) is 63.8 cm³/mol. The Bertz CT molecular complexity index is 370. The lowest BCUT2D eigenvalue weighted by molar-refractivity contribution is -0.142. The Morgan fingerprint density at radius 3 is 2.53 bits per heavy atom. The minimum atomic E-state index is -1.08. The number of hydrogen-bond acceptors (Lipinski definition) is 6. The largest absolute Gasteiger partial charge is 0.480 e. The summed E-state index contributed by atoms with van der Waals surface area (Å²) in [5.74, 6) is -1.08. The number of aromatic nitrogens is 2. The number of nitrogens with zero attached hydrogens (tertiary/aromatic N) is 2. The summed E-state index contributed by atoms with van der Waals surface area (Å²) in [5, 5.41) is 21.5. The smallest absolute Gasteiger partial charge is 0.323 e. The summed E-state index contributed by atoms with van der Waals surface area (Å²) in [5.41, 5.74) is 0.773. The number of carboxylic acids is 1. The van der Waals surface area contributed by atoms with E-state index in [-0.39, 0.29) is 0 Å². The van der Waals surface area contributed by atoms with Gasteiger partial charge in [0.15, 0.2) is 5.16 Å². The highest BCUT2D eigenvalue weighted by atomic mass is 32.2. The van der Waals surface area contributed by atoms with E-state index in [1.54, 1.807) is 12.4 Å². The van der Waals surface area contributed by atoms with Gasteiger partial charge in [0.1, 0.15) is 6.04 Å². The summed E-state index contributed by atoms with van der Waals surface area (Å²) in [7, 11) is 0. The van der Waals surface area contributed by atoms with Crippen molar-refractivity contribution in [2.45, 2.75) is 30.8 Å². The maximum absolute atomic E-state index is 10.8. The minimum absolute atomic E-state index is 0.302. The molecule has 6 nitrogen and oxygen atoms in total. The molecule has 0 fully saturated rings. The molecule has 1 aromatic rings. The summed E-state index contributed by atoms with van der Waals surface area (Å²) >= 11 is 1.43. The summed E-state index contributed by atoms with van der Waals surface area (Å²) < 4.78 is 0. The van der Waals surface area contributed by atoms with Crippen LogP contribution in [-0.4, -0.2) is 44.6 Å². The van der Waals surface area contributed by atoms with Crippen molar-refractivity contribution in [1.82, 2.24) is 15.3 Å². The number of rotatable bonds is 6. The fourth-order valence-electron chi connectivity index (χ4n) is 1.23. The molecule has 1 rings (SSSR count). The van der Waals surface area contributed by atoms with Crippen molar-refractivity contribution in [2.24, 2.45) is 0 Å². The highest BCUT2D eigenvalue weighted by Crippen LogP contribution is 2.07. The molecule has 0 bridgehead atoms.